The predicted octanol–water partition coefficient (Wildman–Crippen LogP) is 0.130. The zero-order chi connectivity index (χ0) is 16.1. The summed E-state index contributed by atoms with van der Waals surface area (Å²) in [5.41, 5.74) is -0.552. The van der Waals surface area contributed by atoms with Gasteiger partial charge in [-0.3, -0.25) is 9.89 Å². The van der Waals surface area contributed by atoms with E-state index in [2.05, 4.69) is 34.4 Å². The lowest BCUT2D eigenvalue weighted by molar-refractivity contribution is -0.00837. The minimum absolute atomic E-state index is 0.0432. The summed E-state index contributed by atoms with van der Waals surface area (Å²) < 4.78 is 5.42. The minimum Gasteiger partial charge on any atom is -0.387 e. The zero-order valence-electron chi connectivity index (χ0n) is 14.0. The standard InChI is InChI=1S/C15H30N4O2S/c1-14(2,19-5-7-21-8-6-19)10-17-13(16-3)18-11-15(20)4-9-22-12-15/h20H,4-12H2,1-3H3,(H2,16,17,18). The van der Waals surface area contributed by atoms with Crippen LogP contribution in [0.1, 0.15) is 20.3 Å². The first kappa shape index (κ1) is 17.8. The van der Waals surface area contributed by atoms with Crippen LogP contribution in [0.2, 0.25) is 0 Å². The number of nitrogens with zero attached hydrogens (tertiary/aromatic N) is 2. The van der Waals surface area contributed by atoms with Crippen LogP contribution >= 0.6 is 11.8 Å². The van der Waals surface area contributed by atoms with Crippen LogP contribution < -0.4 is 10.6 Å². The van der Waals surface area contributed by atoms with Crippen LogP contribution in [-0.2, 0) is 4.74 Å². The van der Waals surface area contributed by atoms with Gasteiger partial charge in [-0.05, 0) is 26.0 Å². The molecule has 7 heteroatoms. The smallest absolute Gasteiger partial charge is 0.191 e. The number of aliphatic hydroxyl groups is 1. The van der Waals surface area contributed by atoms with Crippen LogP contribution in [0.4, 0.5) is 0 Å². The van der Waals surface area contributed by atoms with E-state index in [1.807, 2.05) is 11.8 Å². The topological polar surface area (TPSA) is 69.1 Å². The van der Waals surface area contributed by atoms with Gasteiger partial charge in [0.05, 0.1) is 18.8 Å². The van der Waals surface area contributed by atoms with Gasteiger partial charge in [-0.1, -0.05) is 0 Å². The maximum absolute atomic E-state index is 10.4. The molecule has 0 aromatic rings. The van der Waals surface area contributed by atoms with Gasteiger partial charge in [-0.15, -0.1) is 0 Å². The molecule has 2 rings (SSSR count). The SMILES string of the molecule is CN=C(NCC1(O)CCSC1)NCC(C)(C)N1CCOCC1. The summed E-state index contributed by atoms with van der Waals surface area (Å²) in [4.78, 5) is 6.70. The van der Waals surface area contributed by atoms with Gasteiger partial charge in [0, 0.05) is 44.5 Å². The van der Waals surface area contributed by atoms with Crippen molar-refractivity contribution in [2.75, 3.05) is 57.9 Å². The van der Waals surface area contributed by atoms with Crippen molar-refractivity contribution in [1.29, 1.82) is 0 Å². The van der Waals surface area contributed by atoms with Crippen molar-refractivity contribution in [1.82, 2.24) is 15.5 Å². The Kier molecular flexibility index (Phi) is 6.37. The largest absolute Gasteiger partial charge is 0.387 e. The van der Waals surface area contributed by atoms with E-state index in [1.54, 1.807) is 7.05 Å². The molecule has 2 fully saturated rings. The van der Waals surface area contributed by atoms with Crippen LogP contribution in [0, 0.1) is 0 Å². The van der Waals surface area contributed by atoms with E-state index < -0.39 is 5.60 Å². The second kappa shape index (κ2) is 7.86. The predicted molar refractivity (Wildman–Crippen MR) is 92.7 cm³/mol. The molecule has 0 aliphatic carbocycles. The van der Waals surface area contributed by atoms with Gasteiger partial charge in [-0.25, -0.2) is 0 Å². The lowest BCUT2D eigenvalue weighted by atomic mass is 10.0. The molecule has 0 bridgehead atoms. The number of morpholine rings is 1. The number of hydrogen-bond donors (Lipinski definition) is 3. The van der Waals surface area contributed by atoms with Gasteiger partial charge in [0.1, 0.15) is 0 Å². The summed E-state index contributed by atoms with van der Waals surface area (Å²) in [6.07, 6.45) is 0.848. The molecule has 1 atom stereocenters. The second-order valence-electron chi connectivity index (χ2n) is 6.72. The molecule has 0 spiro atoms. The fourth-order valence-electron chi connectivity index (χ4n) is 2.79. The molecule has 0 amide bonds. The summed E-state index contributed by atoms with van der Waals surface area (Å²) >= 11 is 1.81. The maximum atomic E-state index is 10.4. The molecular formula is C15H30N4O2S. The Labute approximate surface area is 138 Å². The first-order chi connectivity index (χ1) is 10.5. The average Bonchev–Trinajstić information content (AvgIpc) is 2.95. The molecular weight excluding hydrogens is 300 g/mol. The van der Waals surface area contributed by atoms with E-state index in [-0.39, 0.29) is 5.54 Å². The average molecular weight is 330 g/mol. The lowest BCUT2D eigenvalue weighted by Crippen LogP contribution is -2.57. The van der Waals surface area contributed by atoms with Gasteiger partial charge in [0.15, 0.2) is 5.96 Å². The molecule has 2 aliphatic rings. The summed E-state index contributed by atoms with van der Waals surface area (Å²) in [6, 6.07) is 0. The molecule has 2 heterocycles. The van der Waals surface area contributed by atoms with Crippen LogP contribution in [0.3, 0.4) is 0 Å². The Balaban J connectivity index is 1.77. The monoisotopic (exact) mass is 330 g/mol. The number of aliphatic imine (C=N–C) groups is 1. The Bertz CT molecular complexity index is 378. The molecule has 128 valence electrons. The molecule has 0 aromatic heterocycles. The highest BCUT2D eigenvalue weighted by molar-refractivity contribution is 7.99. The highest BCUT2D eigenvalue weighted by Gasteiger charge is 2.32. The fraction of sp³-hybridized carbons (Fsp3) is 0.933. The minimum atomic E-state index is -0.595. The van der Waals surface area contributed by atoms with Crippen molar-refractivity contribution in [3.05, 3.63) is 0 Å². The van der Waals surface area contributed by atoms with E-state index in [1.165, 1.54) is 0 Å². The quantitative estimate of drug-likeness (QED) is 0.492. The molecule has 2 aliphatic heterocycles. The maximum Gasteiger partial charge on any atom is 0.191 e. The van der Waals surface area contributed by atoms with Crippen molar-refractivity contribution < 1.29 is 9.84 Å². The normalized spacial score (nSPS) is 27.9. The van der Waals surface area contributed by atoms with Gasteiger partial charge < -0.3 is 20.5 Å². The van der Waals surface area contributed by atoms with Gasteiger partial charge in [0.2, 0.25) is 0 Å². The number of guanidine groups is 1. The van der Waals surface area contributed by atoms with E-state index in [0.717, 1.165) is 56.7 Å². The van der Waals surface area contributed by atoms with Gasteiger partial charge in [0.25, 0.3) is 0 Å². The zero-order valence-corrected chi connectivity index (χ0v) is 14.8. The van der Waals surface area contributed by atoms with E-state index in [0.29, 0.717) is 6.54 Å². The number of ether oxygens (including phenoxy) is 1. The van der Waals surface area contributed by atoms with Crippen LogP contribution in [0.15, 0.2) is 4.99 Å². The Morgan fingerprint density at radius 2 is 2.09 bits per heavy atom. The van der Waals surface area contributed by atoms with Crippen molar-refractivity contribution in [3.63, 3.8) is 0 Å². The van der Waals surface area contributed by atoms with E-state index >= 15 is 0 Å². The molecule has 0 aromatic carbocycles. The highest BCUT2D eigenvalue weighted by Crippen LogP contribution is 2.26. The highest BCUT2D eigenvalue weighted by atomic mass is 32.2. The van der Waals surface area contributed by atoms with Crippen molar-refractivity contribution in [3.8, 4) is 0 Å². The first-order valence-electron chi connectivity index (χ1n) is 8.03. The van der Waals surface area contributed by atoms with E-state index in [9.17, 15) is 5.11 Å². The molecule has 1 unspecified atom stereocenters. The summed E-state index contributed by atoms with van der Waals surface area (Å²) in [5, 5.41) is 17.0. The molecule has 0 radical (unpaired) electrons. The number of hydrogen-bond acceptors (Lipinski definition) is 5. The van der Waals surface area contributed by atoms with Crippen LogP contribution in [-0.4, -0.2) is 85.1 Å². The molecule has 22 heavy (non-hydrogen) atoms. The molecule has 2 saturated heterocycles. The number of rotatable bonds is 5. The van der Waals surface area contributed by atoms with Crippen molar-refractivity contribution in [2.45, 2.75) is 31.4 Å². The third-order valence-electron chi connectivity index (χ3n) is 4.45. The van der Waals surface area contributed by atoms with Crippen molar-refractivity contribution >= 4 is 17.7 Å². The van der Waals surface area contributed by atoms with Crippen LogP contribution in [0.25, 0.3) is 0 Å². The summed E-state index contributed by atoms with van der Waals surface area (Å²) in [7, 11) is 1.77. The molecule has 3 N–H and O–H groups in total. The van der Waals surface area contributed by atoms with Crippen LogP contribution in [0.5, 0.6) is 0 Å². The van der Waals surface area contributed by atoms with Gasteiger partial charge >= 0.3 is 0 Å². The fourth-order valence-corrected chi connectivity index (χ4v) is 4.08. The Hall–Kier alpha value is -0.500. The molecule has 0 saturated carbocycles. The summed E-state index contributed by atoms with van der Waals surface area (Å²) in [6.45, 7) is 9.38. The molecule has 6 nitrogen and oxygen atoms in total. The second-order valence-corrected chi connectivity index (χ2v) is 7.82. The number of thioether (sulfide) groups is 1. The third kappa shape index (κ3) is 5.01. The summed E-state index contributed by atoms with van der Waals surface area (Å²) in [5.74, 6) is 2.59. The van der Waals surface area contributed by atoms with Crippen molar-refractivity contribution in [2.24, 2.45) is 4.99 Å². The number of nitrogens with one attached hydrogen (secondary N) is 2. The first-order valence-corrected chi connectivity index (χ1v) is 9.18. The Morgan fingerprint density at radius 1 is 1.36 bits per heavy atom. The third-order valence-corrected chi connectivity index (χ3v) is 5.68. The lowest BCUT2D eigenvalue weighted by Gasteiger charge is -2.41. The Morgan fingerprint density at radius 3 is 2.68 bits per heavy atom. The van der Waals surface area contributed by atoms with Gasteiger partial charge in [-0.2, -0.15) is 11.8 Å². The van der Waals surface area contributed by atoms with E-state index in [4.69, 9.17) is 4.74 Å².